The molecular weight excluding hydrogens is 274 g/mol. The number of ether oxygens (including phenoxy) is 1. The summed E-state index contributed by atoms with van der Waals surface area (Å²) in [7, 11) is 0. The third-order valence-electron chi connectivity index (χ3n) is 3.76. The number of benzene rings is 2. The summed E-state index contributed by atoms with van der Waals surface area (Å²) in [6.07, 6.45) is 1.11. The minimum atomic E-state index is -0.116. The zero-order valence-corrected chi connectivity index (χ0v) is 13.2. The molecule has 0 aliphatic heterocycles. The third-order valence-corrected chi connectivity index (χ3v) is 3.76. The number of hydrogen-bond donors (Lipinski definition) is 1. The highest BCUT2D eigenvalue weighted by Crippen LogP contribution is 2.21. The van der Waals surface area contributed by atoms with Gasteiger partial charge in [0.2, 0.25) is 0 Å². The Morgan fingerprint density at radius 3 is 2.41 bits per heavy atom. The van der Waals surface area contributed by atoms with Crippen molar-refractivity contribution in [2.75, 3.05) is 6.61 Å². The van der Waals surface area contributed by atoms with Gasteiger partial charge in [-0.2, -0.15) is 0 Å². The summed E-state index contributed by atoms with van der Waals surface area (Å²) >= 11 is 0. The van der Waals surface area contributed by atoms with Gasteiger partial charge in [0.25, 0.3) is 5.91 Å². The molecule has 1 amide bonds. The smallest absolute Gasteiger partial charge is 0.258 e. The molecule has 1 N–H and O–H groups in total. The Hall–Kier alpha value is -2.29. The van der Waals surface area contributed by atoms with Crippen molar-refractivity contribution in [3.8, 4) is 5.75 Å². The molecule has 0 heterocycles. The largest absolute Gasteiger partial charge is 0.484 e. The molecule has 0 bridgehead atoms. The van der Waals surface area contributed by atoms with E-state index in [0.29, 0.717) is 12.5 Å². The van der Waals surface area contributed by atoms with Crippen LogP contribution in [0, 0.1) is 0 Å². The molecule has 0 spiro atoms. The highest BCUT2D eigenvalue weighted by Gasteiger charge is 2.05. The van der Waals surface area contributed by atoms with Crippen LogP contribution in [0.15, 0.2) is 54.6 Å². The molecule has 2 aromatic rings. The second kappa shape index (κ2) is 8.23. The highest BCUT2D eigenvalue weighted by molar-refractivity contribution is 5.77. The van der Waals surface area contributed by atoms with Crippen LogP contribution < -0.4 is 10.1 Å². The van der Waals surface area contributed by atoms with Crippen LogP contribution in [0.5, 0.6) is 5.75 Å². The highest BCUT2D eigenvalue weighted by atomic mass is 16.5. The van der Waals surface area contributed by atoms with E-state index in [2.05, 4.69) is 31.3 Å². The first-order valence-electron chi connectivity index (χ1n) is 7.72. The number of carbonyl (C=O) groups excluding carboxylic acids is 1. The third kappa shape index (κ3) is 4.92. The summed E-state index contributed by atoms with van der Waals surface area (Å²) in [5.41, 5.74) is 2.37. The Balaban J connectivity index is 1.76. The van der Waals surface area contributed by atoms with E-state index in [1.807, 2.05) is 42.5 Å². The number of nitrogens with one attached hydrogen (secondary N) is 1. The monoisotopic (exact) mass is 297 g/mol. The molecule has 116 valence electrons. The maximum absolute atomic E-state index is 11.8. The maximum atomic E-state index is 11.8. The van der Waals surface area contributed by atoms with E-state index in [0.717, 1.165) is 17.7 Å². The molecular formula is C19H23NO2. The van der Waals surface area contributed by atoms with Gasteiger partial charge in [-0.05, 0) is 35.6 Å². The normalized spacial score (nSPS) is 11.7. The van der Waals surface area contributed by atoms with Crippen molar-refractivity contribution >= 4 is 5.91 Å². The van der Waals surface area contributed by atoms with Crippen molar-refractivity contribution < 1.29 is 9.53 Å². The predicted molar refractivity (Wildman–Crippen MR) is 88.9 cm³/mol. The fourth-order valence-electron chi connectivity index (χ4n) is 2.12. The van der Waals surface area contributed by atoms with Gasteiger partial charge < -0.3 is 10.1 Å². The van der Waals surface area contributed by atoms with Crippen LogP contribution in [-0.4, -0.2) is 12.5 Å². The van der Waals surface area contributed by atoms with Crippen LogP contribution in [0.4, 0.5) is 0 Å². The standard InChI is InChI=1S/C19H23NO2/c1-3-15(2)17-9-11-18(12-10-17)22-14-19(21)20-13-16-7-5-4-6-8-16/h4-12,15H,3,13-14H2,1-2H3,(H,20,21)/t15-/m1/s1. The maximum Gasteiger partial charge on any atom is 0.258 e. The minimum absolute atomic E-state index is 0.0372. The first kappa shape index (κ1) is 16.1. The molecule has 0 saturated heterocycles. The molecule has 0 radical (unpaired) electrons. The summed E-state index contributed by atoms with van der Waals surface area (Å²) in [6.45, 7) is 4.94. The first-order valence-corrected chi connectivity index (χ1v) is 7.72. The zero-order valence-electron chi connectivity index (χ0n) is 13.2. The van der Waals surface area contributed by atoms with Crippen molar-refractivity contribution in [2.45, 2.75) is 32.7 Å². The Morgan fingerprint density at radius 1 is 1.09 bits per heavy atom. The molecule has 1 atom stereocenters. The molecule has 3 heteroatoms. The van der Waals surface area contributed by atoms with Crippen LogP contribution in [0.25, 0.3) is 0 Å². The van der Waals surface area contributed by atoms with E-state index < -0.39 is 0 Å². The van der Waals surface area contributed by atoms with Gasteiger partial charge in [0.05, 0.1) is 0 Å². The summed E-state index contributed by atoms with van der Waals surface area (Å²) in [4.78, 5) is 11.8. The van der Waals surface area contributed by atoms with Crippen LogP contribution in [0.3, 0.4) is 0 Å². The lowest BCUT2D eigenvalue weighted by Crippen LogP contribution is -2.28. The van der Waals surface area contributed by atoms with Gasteiger partial charge in [-0.15, -0.1) is 0 Å². The van der Waals surface area contributed by atoms with Crippen molar-refractivity contribution in [3.63, 3.8) is 0 Å². The number of rotatable bonds is 7. The molecule has 0 saturated carbocycles. The van der Waals surface area contributed by atoms with Crippen LogP contribution in [0.1, 0.15) is 37.3 Å². The van der Waals surface area contributed by atoms with Crippen molar-refractivity contribution in [3.05, 3.63) is 65.7 Å². The molecule has 2 aromatic carbocycles. The van der Waals surface area contributed by atoms with E-state index in [1.165, 1.54) is 5.56 Å². The van der Waals surface area contributed by atoms with Crippen LogP contribution in [-0.2, 0) is 11.3 Å². The summed E-state index contributed by atoms with van der Waals surface area (Å²) in [5.74, 6) is 1.15. The van der Waals surface area contributed by atoms with Gasteiger partial charge in [-0.25, -0.2) is 0 Å². The lowest BCUT2D eigenvalue weighted by molar-refractivity contribution is -0.123. The van der Waals surface area contributed by atoms with Gasteiger partial charge in [0.15, 0.2) is 6.61 Å². The minimum Gasteiger partial charge on any atom is -0.484 e. The van der Waals surface area contributed by atoms with E-state index in [9.17, 15) is 4.79 Å². The second-order valence-corrected chi connectivity index (χ2v) is 5.43. The molecule has 0 fully saturated rings. The molecule has 3 nitrogen and oxygen atoms in total. The van der Waals surface area contributed by atoms with E-state index in [-0.39, 0.29) is 12.5 Å². The molecule has 0 aromatic heterocycles. The van der Waals surface area contributed by atoms with Gasteiger partial charge >= 0.3 is 0 Å². The van der Waals surface area contributed by atoms with Crippen LogP contribution in [0.2, 0.25) is 0 Å². The molecule has 0 aliphatic carbocycles. The SMILES string of the molecule is CC[C@@H](C)c1ccc(OCC(=O)NCc2ccccc2)cc1. The molecule has 0 unspecified atom stereocenters. The van der Waals surface area contributed by atoms with Gasteiger partial charge in [0.1, 0.15) is 5.75 Å². The molecule has 22 heavy (non-hydrogen) atoms. The Labute approximate surface area is 132 Å². The van der Waals surface area contributed by atoms with Gasteiger partial charge in [0, 0.05) is 6.54 Å². The van der Waals surface area contributed by atoms with Crippen molar-refractivity contribution in [1.29, 1.82) is 0 Å². The number of carbonyl (C=O) groups is 1. The van der Waals surface area contributed by atoms with Gasteiger partial charge in [-0.3, -0.25) is 4.79 Å². The lowest BCUT2D eigenvalue weighted by atomic mass is 9.99. The topological polar surface area (TPSA) is 38.3 Å². The first-order chi connectivity index (χ1) is 10.7. The average molecular weight is 297 g/mol. The van der Waals surface area contributed by atoms with E-state index in [4.69, 9.17) is 4.74 Å². The predicted octanol–water partition coefficient (Wildman–Crippen LogP) is 3.90. The number of hydrogen-bond acceptors (Lipinski definition) is 2. The Kier molecular flexibility index (Phi) is 6.01. The molecule has 0 aliphatic rings. The second-order valence-electron chi connectivity index (χ2n) is 5.43. The fourth-order valence-corrected chi connectivity index (χ4v) is 2.12. The lowest BCUT2D eigenvalue weighted by Gasteiger charge is -2.11. The Bertz CT molecular complexity index is 578. The zero-order chi connectivity index (χ0) is 15.8. The van der Waals surface area contributed by atoms with E-state index >= 15 is 0 Å². The van der Waals surface area contributed by atoms with Crippen molar-refractivity contribution in [1.82, 2.24) is 5.32 Å². The molecule has 2 rings (SSSR count). The summed E-state index contributed by atoms with van der Waals surface area (Å²) < 4.78 is 5.51. The number of amides is 1. The van der Waals surface area contributed by atoms with E-state index in [1.54, 1.807) is 0 Å². The quantitative estimate of drug-likeness (QED) is 0.842. The summed E-state index contributed by atoms with van der Waals surface area (Å²) in [5, 5.41) is 2.84. The van der Waals surface area contributed by atoms with Crippen molar-refractivity contribution in [2.24, 2.45) is 0 Å². The van der Waals surface area contributed by atoms with Crippen LogP contribution >= 0.6 is 0 Å². The Morgan fingerprint density at radius 2 is 1.77 bits per heavy atom. The van der Waals surface area contributed by atoms with Gasteiger partial charge in [-0.1, -0.05) is 56.3 Å². The fraction of sp³-hybridized carbons (Fsp3) is 0.316. The average Bonchev–Trinajstić information content (AvgIpc) is 2.58. The summed E-state index contributed by atoms with van der Waals surface area (Å²) in [6, 6.07) is 17.8.